The highest BCUT2D eigenvalue weighted by Gasteiger charge is 2.63. The molecule has 2 bridgehead atoms. The summed E-state index contributed by atoms with van der Waals surface area (Å²) in [6.07, 6.45) is 5.15. The number of halogens is 1. The molecule has 0 aromatic heterocycles. The van der Waals surface area contributed by atoms with Gasteiger partial charge < -0.3 is 19.7 Å². The molecular formula is C23H33FN2O5. The van der Waals surface area contributed by atoms with Crippen molar-refractivity contribution in [3.05, 3.63) is 0 Å². The van der Waals surface area contributed by atoms with Crippen molar-refractivity contribution < 1.29 is 28.2 Å². The van der Waals surface area contributed by atoms with E-state index in [0.29, 0.717) is 13.0 Å². The van der Waals surface area contributed by atoms with Gasteiger partial charge in [0.25, 0.3) is 0 Å². The standard InChI is InChI=1S/C23H33FN2O5/c1-8-23(5,6)18(25-21(29)31-22(2,3)4)19(27)26-11-14-12-9-13(15(24)10-12)16(14)17(26)20(28)30-7/h1,12-18H,9-11H2,2-7H3,(H,25,29)/t12-,13+,14+,15+,16-,17-,18+/m0/s1. The number of carbonyl (C=O) groups excluding carboxylic acids is 3. The first-order valence-corrected chi connectivity index (χ1v) is 10.8. The molecule has 3 fully saturated rings. The number of nitrogens with one attached hydrogen (secondary N) is 1. The molecule has 1 N–H and O–H groups in total. The molecule has 0 aromatic rings. The molecule has 0 radical (unpaired) electrons. The van der Waals surface area contributed by atoms with E-state index in [1.807, 2.05) is 0 Å². The van der Waals surface area contributed by atoms with Crippen molar-refractivity contribution in [2.75, 3.05) is 13.7 Å². The van der Waals surface area contributed by atoms with Crippen LogP contribution in [0, 0.1) is 41.4 Å². The predicted molar refractivity (Wildman–Crippen MR) is 111 cm³/mol. The summed E-state index contributed by atoms with van der Waals surface area (Å²) in [6.45, 7) is 8.80. The molecule has 172 valence electrons. The first-order chi connectivity index (χ1) is 14.3. The molecule has 2 amide bonds. The molecule has 1 saturated heterocycles. The number of esters is 1. The van der Waals surface area contributed by atoms with Crippen molar-refractivity contribution in [3.8, 4) is 12.3 Å². The van der Waals surface area contributed by atoms with Gasteiger partial charge in [0, 0.05) is 12.5 Å². The fourth-order valence-electron chi connectivity index (χ4n) is 5.58. The molecule has 1 heterocycles. The minimum atomic E-state index is -1.11. The maximum atomic E-state index is 14.5. The van der Waals surface area contributed by atoms with E-state index in [1.165, 1.54) is 12.0 Å². The quantitative estimate of drug-likeness (QED) is 0.541. The van der Waals surface area contributed by atoms with Gasteiger partial charge in [0.05, 0.1) is 12.5 Å². The number of terminal acetylenes is 1. The number of amides is 2. The monoisotopic (exact) mass is 436 g/mol. The Morgan fingerprint density at radius 3 is 2.35 bits per heavy atom. The summed E-state index contributed by atoms with van der Waals surface area (Å²) in [6, 6.07) is -2.00. The molecule has 3 aliphatic rings. The molecule has 2 aliphatic carbocycles. The second-order valence-corrected chi connectivity index (χ2v) is 10.6. The van der Waals surface area contributed by atoms with Gasteiger partial charge in [0.2, 0.25) is 5.91 Å². The van der Waals surface area contributed by atoms with Crippen molar-refractivity contribution >= 4 is 18.0 Å². The number of fused-ring (bicyclic) bond motifs is 5. The highest BCUT2D eigenvalue weighted by atomic mass is 19.1. The Morgan fingerprint density at radius 2 is 1.81 bits per heavy atom. The summed E-state index contributed by atoms with van der Waals surface area (Å²) < 4.78 is 24.8. The molecule has 2 saturated carbocycles. The van der Waals surface area contributed by atoms with E-state index in [-0.39, 0.29) is 23.7 Å². The van der Waals surface area contributed by atoms with E-state index in [2.05, 4.69) is 11.2 Å². The van der Waals surface area contributed by atoms with Gasteiger partial charge in [-0.3, -0.25) is 4.79 Å². The van der Waals surface area contributed by atoms with Crippen LogP contribution in [0.4, 0.5) is 9.18 Å². The molecule has 8 heteroatoms. The maximum Gasteiger partial charge on any atom is 0.408 e. The molecule has 0 spiro atoms. The number of hydrogen-bond acceptors (Lipinski definition) is 5. The van der Waals surface area contributed by atoms with Crippen LogP contribution in [-0.2, 0) is 19.1 Å². The van der Waals surface area contributed by atoms with E-state index >= 15 is 0 Å². The van der Waals surface area contributed by atoms with Crippen LogP contribution in [0.5, 0.6) is 0 Å². The third-order valence-corrected chi connectivity index (χ3v) is 7.00. The number of nitrogens with zero attached hydrogens (tertiary/aromatic N) is 1. The molecule has 3 rings (SSSR count). The maximum absolute atomic E-state index is 14.5. The molecule has 31 heavy (non-hydrogen) atoms. The lowest BCUT2D eigenvalue weighted by molar-refractivity contribution is -0.154. The highest BCUT2D eigenvalue weighted by molar-refractivity contribution is 5.91. The highest BCUT2D eigenvalue weighted by Crippen LogP contribution is 2.58. The second-order valence-electron chi connectivity index (χ2n) is 10.6. The Morgan fingerprint density at radius 1 is 1.16 bits per heavy atom. The summed E-state index contributed by atoms with van der Waals surface area (Å²) in [5, 5.41) is 2.61. The first kappa shape index (κ1) is 23.4. The molecule has 7 nitrogen and oxygen atoms in total. The summed E-state index contributed by atoms with van der Waals surface area (Å²) in [4.78, 5) is 40.3. The van der Waals surface area contributed by atoms with E-state index in [0.717, 1.165) is 6.42 Å². The number of carbonyl (C=O) groups is 3. The minimum absolute atomic E-state index is 0.0428. The molecule has 0 aromatic carbocycles. The Balaban J connectivity index is 1.90. The van der Waals surface area contributed by atoms with Gasteiger partial charge in [0.1, 0.15) is 23.9 Å². The van der Waals surface area contributed by atoms with Crippen LogP contribution in [0.25, 0.3) is 0 Å². The normalized spacial score (nSPS) is 32.8. The van der Waals surface area contributed by atoms with Gasteiger partial charge in [-0.25, -0.2) is 14.0 Å². The van der Waals surface area contributed by atoms with Crippen molar-refractivity contribution in [1.82, 2.24) is 10.2 Å². The zero-order valence-corrected chi connectivity index (χ0v) is 19.1. The van der Waals surface area contributed by atoms with Crippen LogP contribution < -0.4 is 5.32 Å². The topological polar surface area (TPSA) is 84.9 Å². The van der Waals surface area contributed by atoms with Gasteiger partial charge in [0.15, 0.2) is 0 Å². The van der Waals surface area contributed by atoms with E-state index < -0.39 is 47.2 Å². The summed E-state index contributed by atoms with van der Waals surface area (Å²) >= 11 is 0. The van der Waals surface area contributed by atoms with Crippen LogP contribution in [-0.4, -0.2) is 60.4 Å². The zero-order chi connectivity index (χ0) is 23.3. The average Bonchev–Trinajstić information content (AvgIpc) is 3.33. The Hall–Kier alpha value is -2.30. The average molecular weight is 437 g/mol. The summed E-state index contributed by atoms with van der Waals surface area (Å²) in [5.41, 5.74) is -1.81. The van der Waals surface area contributed by atoms with Gasteiger partial charge >= 0.3 is 12.1 Å². The molecule has 0 unspecified atom stereocenters. The number of alkyl halides is 1. The molecular weight excluding hydrogens is 403 g/mol. The smallest absolute Gasteiger partial charge is 0.408 e. The summed E-state index contributed by atoms with van der Waals surface area (Å²) in [5.74, 6) is 1.18. The minimum Gasteiger partial charge on any atom is -0.467 e. The number of methoxy groups -OCH3 is 1. The summed E-state index contributed by atoms with van der Waals surface area (Å²) in [7, 11) is 1.26. The second kappa shape index (κ2) is 7.99. The Labute approximate surface area is 183 Å². The lowest BCUT2D eigenvalue weighted by Crippen LogP contribution is -2.58. The first-order valence-electron chi connectivity index (χ1n) is 10.8. The number of ether oxygens (including phenoxy) is 2. The molecule has 7 atom stereocenters. The van der Waals surface area contributed by atoms with E-state index in [1.54, 1.807) is 34.6 Å². The number of rotatable bonds is 4. The SMILES string of the molecule is C#CC(C)(C)[C@H](NC(=O)OC(C)(C)C)C(=O)N1C[C@@H]2[C@H]3C[C@@H]([C@@H]2[C@H]1C(=O)OC)[C@H](F)C3. The fraction of sp³-hybridized carbons (Fsp3) is 0.783. The van der Waals surface area contributed by atoms with Crippen LogP contribution in [0.3, 0.4) is 0 Å². The molecule has 1 aliphatic heterocycles. The number of alkyl carbamates (subject to hydrolysis) is 1. The third kappa shape index (κ3) is 4.24. The van der Waals surface area contributed by atoms with E-state index in [4.69, 9.17) is 15.9 Å². The van der Waals surface area contributed by atoms with E-state index in [9.17, 15) is 18.8 Å². The number of hydrogen-bond donors (Lipinski definition) is 1. The van der Waals surface area contributed by atoms with Crippen molar-refractivity contribution in [3.63, 3.8) is 0 Å². The Kier molecular flexibility index (Phi) is 6.03. The predicted octanol–water partition coefficient (Wildman–Crippen LogP) is 2.53. The van der Waals surface area contributed by atoms with Gasteiger partial charge in [-0.15, -0.1) is 6.42 Å². The van der Waals surface area contributed by atoms with Crippen molar-refractivity contribution in [1.29, 1.82) is 0 Å². The van der Waals surface area contributed by atoms with Crippen molar-refractivity contribution in [2.45, 2.75) is 71.3 Å². The zero-order valence-electron chi connectivity index (χ0n) is 19.1. The lowest BCUT2D eigenvalue weighted by Gasteiger charge is -2.36. The van der Waals surface area contributed by atoms with Crippen LogP contribution in [0.15, 0.2) is 0 Å². The Bertz CT molecular complexity index is 799. The van der Waals surface area contributed by atoms with Crippen molar-refractivity contribution in [2.24, 2.45) is 29.1 Å². The van der Waals surface area contributed by atoms with Gasteiger partial charge in [-0.2, -0.15) is 0 Å². The van der Waals surface area contributed by atoms with Crippen LogP contribution in [0.2, 0.25) is 0 Å². The number of likely N-dealkylation sites (tertiary alicyclic amines) is 1. The van der Waals surface area contributed by atoms with Crippen LogP contribution in [0.1, 0.15) is 47.5 Å². The lowest BCUT2D eigenvalue weighted by atomic mass is 9.77. The van der Waals surface area contributed by atoms with Gasteiger partial charge in [-0.05, 0) is 65.2 Å². The third-order valence-electron chi connectivity index (χ3n) is 7.00. The largest absolute Gasteiger partial charge is 0.467 e. The van der Waals surface area contributed by atoms with Gasteiger partial charge in [-0.1, -0.05) is 5.92 Å². The van der Waals surface area contributed by atoms with Crippen LogP contribution >= 0.6 is 0 Å². The fourth-order valence-corrected chi connectivity index (χ4v) is 5.58.